The van der Waals surface area contributed by atoms with Crippen molar-refractivity contribution < 1.29 is 9.13 Å². The van der Waals surface area contributed by atoms with Crippen molar-refractivity contribution >= 4 is 12.4 Å². The highest BCUT2D eigenvalue weighted by Gasteiger charge is 2.25. The molecule has 1 aliphatic rings. The van der Waals surface area contributed by atoms with Crippen LogP contribution in [0.1, 0.15) is 55.3 Å². The molecule has 0 aliphatic carbocycles. The third kappa shape index (κ3) is 7.48. The van der Waals surface area contributed by atoms with Crippen LogP contribution in [0.4, 0.5) is 4.39 Å². The minimum atomic E-state index is -0.241. The smallest absolute Gasteiger partial charge is 0.123 e. The lowest BCUT2D eigenvalue weighted by Gasteiger charge is -2.39. The summed E-state index contributed by atoms with van der Waals surface area (Å²) >= 11 is 0. The molecule has 1 atom stereocenters. The summed E-state index contributed by atoms with van der Waals surface area (Å²) in [5, 5.41) is 9.26. The predicted molar refractivity (Wildman–Crippen MR) is 130 cm³/mol. The third-order valence-corrected chi connectivity index (χ3v) is 6.17. The Bertz CT molecular complexity index is 860. The molecule has 0 aromatic heterocycles. The molecule has 2 aromatic carbocycles. The number of benzene rings is 2. The molecule has 1 unspecified atom stereocenters. The monoisotopic (exact) mass is 459 g/mol. The molecular weight excluding hydrogens is 425 g/mol. The number of rotatable bonds is 10. The molecule has 0 amide bonds. The Hall–Kier alpha value is -2.13. The highest BCUT2D eigenvalue weighted by atomic mass is 35.5. The van der Waals surface area contributed by atoms with Crippen molar-refractivity contribution in [2.45, 2.75) is 45.6 Å². The second-order valence-electron chi connectivity index (χ2n) is 8.38. The third-order valence-electron chi connectivity index (χ3n) is 6.17. The van der Waals surface area contributed by atoms with Crippen molar-refractivity contribution in [3.8, 4) is 11.8 Å². The molecule has 2 aromatic rings. The number of nitrogens with zero attached hydrogens (tertiary/aromatic N) is 3. The SMILES string of the molecule is CCCCCC(c1ccc(C#N)c(C)c1)N1CCN(CCOc2ccc(F)cc2)CC1.Cl. The Morgan fingerprint density at radius 1 is 1.06 bits per heavy atom. The normalized spacial score (nSPS) is 15.6. The summed E-state index contributed by atoms with van der Waals surface area (Å²) in [6, 6.07) is 15.2. The summed E-state index contributed by atoms with van der Waals surface area (Å²) in [5.41, 5.74) is 3.17. The minimum absolute atomic E-state index is 0. The quantitative estimate of drug-likeness (QED) is 0.424. The standard InChI is InChI=1S/C26H34FN3O.ClH/c1-3-4-5-6-26(22-7-8-23(20-28)21(2)19-22)30-15-13-29(14-16-30)17-18-31-25-11-9-24(27)10-12-25;/h7-12,19,26H,3-6,13-18H2,1-2H3;1H. The van der Waals surface area contributed by atoms with E-state index in [0.717, 1.165) is 50.3 Å². The molecule has 32 heavy (non-hydrogen) atoms. The molecule has 0 bridgehead atoms. The number of aryl methyl sites for hydroxylation is 1. The van der Waals surface area contributed by atoms with Crippen LogP contribution >= 0.6 is 12.4 Å². The van der Waals surface area contributed by atoms with E-state index in [1.807, 2.05) is 13.0 Å². The van der Waals surface area contributed by atoms with E-state index in [0.29, 0.717) is 18.4 Å². The topological polar surface area (TPSA) is 39.5 Å². The van der Waals surface area contributed by atoms with E-state index < -0.39 is 0 Å². The van der Waals surface area contributed by atoms with E-state index >= 15 is 0 Å². The summed E-state index contributed by atoms with van der Waals surface area (Å²) in [4.78, 5) is 5.04. The van der Waals surface area contributed by atoms with Gasteiger partial charge in [0, 0.05) is 38.8 Å². The maximum atomic E-state index is 13.0. The van der Waals surface area contributed by atoms with Crippen LogP contribution in [0.5, 0.6) is 5.75 Å². The largest absolute Gasteiger partial charge is 0.492 e. The molecule has 0 saturated carbocycles. The summed E-state index contributed by atoms with van der Waals surface area (Å²) in [6.45, 7) is 9.87. The minimum Gasteiger partial charge on any atom is -0.492 e. The van der Waals surface area contributed by atoms with Gasteiger partial charge in [0.05, 0.1) is 11.6 Å². The van der Waals surface area contributed by atoms with Crippen LogP contribution in [0.3, 0.4) is 0 Å². The van der Waals surface area contributed by atoms with E-state index in [9.17, 15) is 9.65 Å². The van der Waals surface area contributed by atoms with Gasteiger partial charge in [0.2, 0.25) is 0 Å². The summed E-state index contributed by atoms with van der Waals surface area (Å²) in [6.07, 6.45) is 4.87. The van der Waals surface area contributed by atoms with Crippen molar-refractivity contribution in [2.75, 3.05) is 39.3 Å². The molecule has 6 heteroatoms. The van der Waals surface area contributed by atoms with Crippen LogP contribution in [-0.2, 0) is 0 Å². The predicted octanol–water partition coefficient (Wildman–Crippen LogP) is 5.75. The van der Waals surface area contributed by atoms with E-state index in [2.05, 4.69) is 34.9 Å². The molecule has 4 nitrogen and oxygen atoms in total. The van der Waals surface area contributed by atoms with Gasteiger partial charge in [-0.25, -0.2) is 4.39 Å². The van der Waals surface area contributed by atoms with Gasteiger partial charge in [0.25, 0.3) is 0 Å². The van der Waals surface area contributed by atoms with Gasteiger partial charge >= 0.3 is 0 Å². The highest BCUT2D eigenvalue weighted by Crippen LogP contribution is 2.29. The Kier molecular flexibility index (Phi) is 11.0. The zero-order chi connectivity index (χ0) is 22.1. The van der Waals surface area contributed by atoms with Crippen LogP contribution < -0.4 is 4.74 Å². The summed E-state index contributed by atoms with van der Waals surface area (Å²) < 4.78 is 18.8. The van der Waals surface area contributed by atoms with Gasteiger partial charge in [-0.2, -0.15) is 5.26 Å². The van der Waals surface area contributed by atoms with Crippen LogP contribution in [0.15, 0.2) is 42.5 Å². The van der Waals surface area contributed by atoms with E-state index in [-0.39, 0.29) is 18.2 Å². The first-order chi connectivity index (χ1) is 15.1. The fourth-order valence-corrected chi connectivity index (χ4v) is 4.29. The molecular formula is C26H35ClFN3O. The Labute approximate surface area is 198 Å². The van der Waals surface area contributed by atoms with Crippen LogP contribution in [-0.4, -0.2) is 49.1 Å². The number of hydrogen-bond donors (Lipinski definition) is 0. The average Bonchev–Trinajstić information content (AvgIpc) is 2.79. The first kappa shape index (κ1) is 26.1. The first-order valence-corrected chi connectivity index (χ1v) is 11.5. The van der Waals surface area contributed by atoms with Gasteiger partial charge < -0.3 is 4.74 Å². The van der Waals surface area contributed by atoms with Crippen molar-refractivity contribution in [3.63, 3.8) is 0 Å². The molecule has 0 spiro atoms. The molecule has 174 valence electrons. The van der Waals surface area contributed by atoms with E-state index in [4.69, 9.17) is 4.74 Å². The summed E-state index contributed by atoms with van der Waals surface area (Å²) in [5.74, 6) is 0.474. The summed E-state index contributed by atoms with van der Waals surface area (Å²) in [7, 11) is 0. The molecule has 3 rings (SSSR count). The number of ether oxygens (including phenoxy) is 1. The number of piperazine rings is 1. The van der Waals surface area contributed by atoms with E-state index in [1.54, 1.807) is 12.1 Å². The van der Waals surface area contributed by atoms with E-state index in [1.165, 1.54) is 37.0 Å². The maximum Gasteiger partial charge on any atom is 0.123 e. The fourth-order valence-electron chi connectivity index (χ4n) is 4.29. The molecule has 1 saturated heterocycles. The van der Waals surface area contributed by atoms with Crippen molar-refractivity contribution in [1.82, 2.24) is 9.80 Å². The van der Waals surface area contributed by atoms with Gasteiger partial charge in [-0.3, -0.25) is 9.80 Å². The zero-order valence-electron chi connectivity index (χ0n) is 19.2. The fraction of sp³-hybridized carbons (Fsp3) is 0.500. The van der Waals surface area contributed by atoms with Crippen molar-refractivity contribution in [1.29, 1.82) is 5.26 Å². The van der Waals surface area contributed by atoms with Gasteiger partial charge in [0.1, 0.15) is 18.2 Å². The molecule has 0 N–H and O–H groups in total. The first-order valence-electron chi connectivity index (χ1n) is 11.5. The van der Waals surface area contributed by atoms with Crippen LogP contribution in [0.2, 0.25) is 0 Å². The van der Waals surface area contributed by atoms with Crippen molar-refractivity contribution in [3.05, 3.63) is 65.0 Å². The number of unbranched alkanes of at least 4 members (excludes halogenated alkanes) is 2. The number of nitriles is 1. The maximum absolute atomic E-state index is 13.0. The van der Waals surface area contributed by atoms with Gasteiger partial charge in [-0.05, 0) is 54.8 Å². The Balaban J connectivity index is 0.00000363. The van der Waals surface area contributed by atoms with Crippen LogP contribution in [0.25, 0.3) is 0 Å². The average molecular weight is 460 g/mol. The second kappa shape index (κ2) is 13.4. The van der Waals surface area contributed by atoms with Gasteiger partial charge in [0.15, 0.2) is 0 Å². The second-order valence-corrected chi connectivity index (χ2v) is 8.38. The lowest BCUT2D eigenvalue weighted by atomic mass is 9.95. The zero-order valence-corrected chi connectivity index (χ0v) is 20.0. The molecule has 1 aliphatic heterocycles. The van der Waals surface area contributed by atoms with Gasteiger partial charge in [-0.15, -0.1) is 12.4 Å². The number of halogens is 2. The lowest BCUT2D eigenvalue weighted by Crippen LogP contribution is -2.48. The van der Waals surface area contributed by atoms with Gasteiger partial charge in [-0.1, -0.05) is 38.3 Å². The number of hydrogen-bond acceptors (Lipinski definition) is 4. The lowest BCUT2D eigenvalue weighted by molar-refractivity contribution is 0.0817. The Morgan fingerprint density at radius 2 is 1.78 bits per heavy atom. The van der Waals surface area contributed by atoms with Crippen LogP contribution in [0, 0.1) is 24.1 Å². The Morgan fingerprint density at radius 3 is 2.41 bits per heavy atom. The molecule has 1 heterocycles. The molecule has 0 radical (unpaired) electrons. The highest BCUT2D eigenvalue weighted by molar-refractivity contribution is 5.85. The van der Waals surface area contributed by atoms with Crippen molar-refractivity contribution in [2.24, 2.45) is 0 Å². The molecule has 1 fully saturated rings.